The normalized spacial score (nSPS) is 12.2. The highest BCUT2D eigenvalue weighted by atomic mass is 35.5. The van der Waals surface area contributed by atoms with Crippen LogP contribution in [0.25, 0.3) is 0 Å². The Bertz CT molecular complexity index is 1290. The fraction of sp³-hybridized carbons (Fsp3) is 0.286. The second-order valence-corrected chi connectivity index (χ2v) is 11.1. The Morgan fingerprint density at radius 2 is 1.51 bits per heavy atom. The van der Waals surface area contributed by atoms with Gasteiger partial charge in [-0.15, -0.1) is 0 Å². The van der Waals surface area contributed by atoms with Crippen molar-refractivity contribution in [3.8, 4) is 0 Å². The Balaban J connectivity index is 1.79. The molecule has 0 radical (unpaired) electrons. The molecule has 0 aromatic heterocycles. The van der Waals surface area contributed by atoms with E-state index in [2.05, 4.69) is 5.32 Å². The van der Waals surface area contributed by atoms with Crippen LogP contribution in [0.4, 0.5) is 0 Å². The zero-order valence-electron chi connectivity index (χ0n) is 21.0. The molecule has 196 valence electrons. The molecule has 3 aromatic carbocycles. The first-order valence-electron chi connectivity index (χ1n) is 12.0. The van der Waals surface area contributed by atoms with Gasteiger partial charge in [0.2, 0.25) is 21.8 Å². The highest BCUT2D eigenvalue weighted by Crippen LogP contribution is 2.22. The summed E-state index contributed by atoms with van der Waals surface area (Å²) in [6.07, 6.45) is 0.701. The van der Waals surface area contributed by atoms with Crippen molar-refractivity contribution in [3.63, 3.8) is 0 Å². The molecule has 0 heterocycles. The lowest BCUT2D eigenvalue weighted by Gasteiger charge is -2.31. The summed E-state index contributed by atoms with van der Waals surface area (Å²) in [6.45, 7) is 0.313. The van der Waals surface area contributed by atoms with Crippen molar-refractivity contribution in [2.75, 3.05) is 20.6 Å². The van der Waals surface area contributed by atoms with E-state index in [1.807, 2.05) is 42.5 Å². The first-order valence-corrected chi connectivity index (χ1v) is 13.9. The number of benzene rings is 3. The number of carbonyl (C=O) groups excluding carboxylic acids is 2. The smallest absolute Gasteiger partial charge is 0.242 e. The minimum Gasteiger partial charge on any atom is -0.357 e. The van der Waals surface area contributed by atoms with Crippen molar-refractivity contribution in [1.82, 2.24) is 14.5 Å². The van der Waals surface area contributed by atoms with Crippen LogP contribution in [-0.2, 0) is 32.6 Å². The number of nitrogens with one attached hydrogen (secondary N) is 1. The Morgan fingerprint density at radius 1 is 0.919 bits per heavy atom. The molecule has 0 fully saturated rings. The van der Waals surface area contributed by atoms with Crippen LogP contribution < -0.4 is 5.32 Å². The van der Waals surface area contributed by atoms with E-state index in [1.165, 1.54) is 11.4 Å². The maximum Gasteiger partial charge on any atom is 0.242 e. The largest absolute Gasteiger partial charge is 0.357 e. The molecule has 0 saturated heterocycles. The number of carbonyl (C=O) groups is 2. The van der Waals surface area contributed by atoms with Crippen LogP contribution in [0, 0.1) is 0 Å². The number of likely N-dealkylation sites (N-methyl/N-ethyl adjacent to an activating group) is 1. The first kappa shape index (κ1) is 28.4. The van der Waals surface area contributed by atoms with Crippen LogP contribution in [0.5, 0.6) is 0 Å². The number of hydrogen-bond donors (Lipinski definition) is 1. The third kappa shape index (κ3) is 7.64. The molecular formula is C28H32ClN3O4S. The number of nitrogens with zero attached hydrogens (tertiary/aromatic N) is 2. The predicted molar refractivity (Wildman–Crippen MR) is 145 cm³/mol. The minimum atomic E-state index is -3.66. The fourth-order valence-electron chi connectivity index (χ4n) is 4.02. The molecule has 0 spiro atoms. The third-order valence-electron chi connectivity index (χ3n) is 6.13. The predicted octanol–water partition coefficient (Wildman–Crippen LogP) is 4.13. The van der Waals surface area contributed by atoms with Gasteiger partial charge in [-0.25, -0.2) is 12.7 Å². The molecule has 0 bridgehead atoms. The van der Waals surface area contributed by atoms with Crippen LogP contribution in [0.2, 0.25) is 5.02 Å². The van der Waals surface area contributed by atoms with Crippen LogP contribution in [-0.4, -0.2) is 56.1 Å². The van der Waals surface area contributed by atoms with Crippen molar-refractivity contribution in [2.24, 2.45) is 0 Å². The first-order chi connectivity index (χ1) is 17.7. The van der Waals surface area contributed by atoms with Crippen molar-refractivity contribution in [1.29, 1.82) is 0 Å². The Kier molecular flexibility index (Phi) is 10.3. The van der Waals surface area contributed by atoms with Gasteiger partial charge in [0.25, 0.3) is 0 Å². The third-order valence-corrected chi connectivity index (χ3v) is 8.37. The molecule has 1 N–H and O–H groups in total. The molecule has 37 heavy (non-hydrogen) atoms. The number of sulfonamides is 1. The molecule has 9 heteroatoms. The molecule has 7 nitrogen and oxygen atoms in total. The monoisotopic (exact) mass is 541 g/mol. The quantitative estimate of drug-likeness (QED) is 0.373. The number of rotatable bonds is 12. The molecule has 1 atom stereocenters. The lowest BCUT2D eigenvalue weighted by Crippen LogP contribution is -2.49. The van der Waals surface area contributed by atoms with Gasteiger partial charge in [0, 0.05) is 45.0 Å². The SMILES string of the molecule is CNC(=O)[C@@H](Cc1ccccc1)N(Cc1ccccc1Cl)C(=O)CCCN(C)S(=O)(=O)c1ccccc1. The van der Waals surface area contributed by atoms with E-state index in [9.17, 15) is 18.0 Å². The molecule has 0 aliphatic carbocycles. The van der Waals surface area contributed by atoms with Gasteiger partial charge in [-0.3, -0.25) is 9.59 Å². The Labute approximate surface area is 224 Å². The molecule has 2 amide bonds. The van der Waals surface area contributed by atoms with E-state index in [1.54, 1.807) is 54.4 Å². The van der Waals surface area contributed by atoms with Crippen molar-refractivity contribution < 1.29 is 18.0 Å². The number of amides is 2. The lowest BCUT2D eigenvalue weighted by molar-refractivity contribution is -0.141. The van der Waals surface area contributed by atoms with Gasteiger partial charge in [0.1, 0.15) is 6.04 Å². The lowest BCUT2D eigenvalue weighted by atomic mass is 10.0. The molecule has 0 aliphatic heterocycles. The summed E-state index contributed by atoms with van der Waals surface area (Å²) in [5.41, 5.74) is 1.64. The van der Waals surface area contributed by atoms with Crippen molar-refractivity contribution >= 4 is 33.4 Å². The van der Waals surface area contributed by atoms with Gasteiger partial charge in [0.05, 0.1) is 4.90 Å². The fourth-order valence-corrected chi connectivity index (χ4v) is 5.45. The van der Waals surface area contributed by atoms with E-state index in [0.29, 0.717) is 17.9 Å². The molecule has 0 saturated carbocycles. The Morgan fingerprint density at radius 3 is 2.14 bits per heavy atom. The molecular weight excluding hydrogens is 510 g/mol. The van der Waals surface area contributed by atoms with Crippen LogP contribution >= 0.6 is 11.6 Å². The summed E-state index contributed by atoms with van der Waals surface area (Å²) in [5.74, 6) is -0.539. The Hall–Kier alpha value is -3.20. The van der Waals surface area contributed by atoms with E-state index < -0.39 is 16.1 Å². The summed E-state index contributed by atoms with van der Waals surface area (Å²) < 4.78 is 26.9. The summed E-state index contributed by atoms with van der Waals surface area (Å²) in [5, 5.41) is 3.18. The van der Waals surface area contributed by atoms with Gasteiger partial charge in [-0.2, -0.15) is 0 Å². The number of halogens is 1. The highest BCUT2D eigenvalue weighted by molar-refractivity contribution is 7.89. The van der Waals surface area contributed by atoms with E-state index >= 15 is 0 Å². The second kappa shape index (κ2) is 13.4. The molecule has 3 rings (SSSR count). The van der Waals surface area contributed by atoms with Gasteiger partial charge in [0.15, 0.2) is 0 Å². The van der Waals surface area contributed by atoms with Crippen LogP contribution in [0.3, 0.4) is 0 Å². The molecule has 0 unspecified atom stereocenters. The summed E-state index contributed by atoms with van der Waals surface area (Å²) in [4.78, 5) is 28.3. The van der Waals surface area contributed by atoms with Crippen molar-refractivity contribution in [3.05, 3.63) is 101 Å². The maximum absolute atomic E-state index is 13.5. The summed E-state index contributed by atoms with van der Waals surface area (Å²) in [7, 11) is -0.618. The van der Waals surface area contributed by atoms with E-state index in [-0.39, 0.29) is 36.2 Å². The van der Waals surface area contributed by atoms with Crippen LogP contribution in [0.1, 0.15) is 24.0 Å². The maximum atomic E-state index is 13.5. The minimum absolute atomic E-state index is 0.0708. The van der Waals surface area contributed by atoms with E-state index in [0.717, 1.165) is 11.1 Å². The molecule has 0 aliphatic rings. The average Bonchev–Trinajstić information content (AvgIpc) is 2.92. The molecule has 3 aromatic rings. The summed E-state index contributed by atoms with van der Waals surface area (Å²) in [6, 6.07) is 24.1. The highest BCUT2D eigenvalue weighted by Gasteiger charge is 2.30. The zero-order valence-corrected chi connectivity index (χ0v) is 22.6. The van der Waals surface area contributed by atoms with E-state index in [4.69, 9.17) is 11.6 Å². The average molecular weight is 542 g/mol. The van der Waals surface area contributed by atoms with Crippen molar-refractivity contribution in [2.45, 2.75) is 36.7 Å². The number of hydrogen-bond acceptors (Lipinski definition) is 4. The standard InChI is InChI=1S/C28H32ClN3O4S/c1-30-28(34)26(20-22-12-5-3-6-13-22)32(21-23-14-9-10-17-25(23)29)27(33)18-11-19-31(2)37(35,36)24-15-7-4-8-16-24/h3-10,12-17,26H,11,18-21H2,1-2H3,(H,30,34)/t26-/m1/s1. The second-order valence-electron chi connectivity index (χ2n) is 8.68. The van der Waals surface area contributed by atoms with Crippen LogP contribution in [0.15, 0.2) is 89.8 Å². The van der Waals surface area contributed by atoms with Gasteiger partial charge >= 0.3 is 0 Å². The zero-order chi connectivity index (χ0) is 26.8. The van der Waals surface area contributed by atoms with Gasteiger partial charge in [-0.05, 0) is 35.7 Å². The van der Waals surface area contributed by atoms with Gasteiger partial charge < -0.3 is 10.2 Å². The topological polar surface area (TPSA) is 86.8 Å². The summed E-state index contributed by atoms with van der Waals surface area (Å²) >= 11 is 6.39. The van der Waals surface area contributed by atoms with Gasteiger partial charge in [-0.1, -0.05) is 78.3 Å².